The van der Waals surface area contributed by atoms with Gasteiger partial charge in [0.05, 0.1) is 18.3 Å². The van der Waals surface area contributed by atoms with E-state index in [9.17, 15) is 14.7 Å². The lowest BCUT2D eigenvalue weighted by Gasteiger charge is -2.31. The zero-order valence-corrected chi connectivity index (χ0v) is 24.4. The van der Waals surface area contributed by atoms with Crippen molar-refractivity contribution in [1.29, 1.82) is 0 Å². The van der Waals surface area contributed by atoms with E-state index in [0.29, 0.717) is 33.2 Å². The van der Waals surface area contributed by atoms with Gasteiger partial charge >= 0.3 is 0 Å². The van der Waals surface area contributed by atoms with E-state index in [0.717, 1.165) is 5.56 Å². The standard InChI is InChI=1S/C30H33ClFN3O4Si/c1-18-27(40(2,3)32)26(14-15-36)39-30(18)24-16-21(31)8-13-25(24)35(29(30)38)17-19-4-11-23(12-5-19)34-28(37)20-6-9-22(33)10-7-20/h4-13,16,18,26-27,36H,14-15,17,33H2,1-3H3,(H,34,37)/t18-,26+,27-,30+/m0/s1. The van der Waals surface area contributed by atoms with Gasteiger partial charge in [0.15, 0.2) is 5.60 Å². The number of rotatable bonds is 7. The Morgan fingerprint density at radius 3 is 2.45 bits per heavy atom. The summed E-state index contributed by atoms with van der Waals surface area (Å²) in [5, 5.41) is 13.0. The van der Waals surface area contributed by atoms with Crippen LogP contribution in [0.2, 0.25) is 23.7 Å². The number of anilines is 3. The number of hydrogen-bond acceptors (Lipinski definition) is 5. The maximum Gasteiger partial charge on any atom is 0.264 e. The molecule has 210 valence electrons. The molecule has 1 saturated heterocycles. The van der Waals surface area contributed by atoms with Crippen LogP contribution in [0.15, 0.2) is 66.7 Å². The second kappa shape index (κ2) is 10.6. The molecule has 0 aliphatic carbocycles. The lowest BCUT2D eigenvalue weighted by molar-refractivity contribution is -0.146. The number of aliphatic hydroxyl groups excluding tert-OH is 1. The number of carbonyl (C=O) groups excluding carboxylic acids is 2. The zero-order chi connectivity index (χ0) is 28.8. The Kier molecular flexibility index (Phi) is 7.52. The van der Waals surface area contributed by atoms with Gasteiger partial charge in [0, 0.05) is 45.6 Å². The molecule has 4 atom stereocenters. The molecule has 0 unspecified atom stereocenters. The lowest BCUT2D eigenvalue weighted by atomic mass is 9.82. The first-order valence-electron chi connectivity index (χ1n) is 13.3. The van der Waals surface area contributed by atoms with Gasteiger partial charge in [-0.05, 0) is 79.7 Å². The van der Waals surface area contributed by atoms with Gasteiger partial charge < -0.3 is 29.9 Å². The monoisotopic (exact) mass is 581 g/mol. The summed E-state index contributed by atoms with van der Waals surface area (Å²) in [7, 11) is -3.27. The smallest absolute Gasteiger partial charge is 0.264 e. The van der Waals surface area contributed by atoms with Crippen molar-refractivity contribution in [3.05, 3.63) is 88.4 Å². The number of nitrogen functional groups attached to an aromatic ring is 1. The first-order chi connectivity index (χ1) is 19.0. The molecular formula is C30H33ClFN3O4Si. The van der Waals surface area contributed by atoms with Crippen LogP contribution >= 0.6 is 11.6 Å². The molecule has 5 rings (SSSR count). The fourth-order valence-corrected chi connectivity index (χ4v) is 9.00. The molecule has 0 aromatic heterocycles. The van der Waals surface area contributed by atoms with Crippen LogP contribution in [0.1, 0.15) is 34.8 Å². The molecule has 2 amide bonds. The molecule has 1 fully saturated rings. The topological polar surface area (TPSA) is 105 Å². The average Bonchev–Trinajstić information content (AvgIpc) is 3.32. The predicted molar refractivity (Wildman–Crippen MR) is 158 cm³/mol. The number of aliphatic hydroxyl groups is 1. The number of halogens is 2. The van der Waals surface area contributed by atoms with Crippen molar-refractivity contribution in [1.82, 2.24) is 0 Å². The van der Waals surface area contributed by atoms with Crippen LogP contribution in [0.5, 0.6) is 0 Å². The number of amides is 2. The molecule has 0 radical (unpaired) electrons. The van der Waals surface area contributed by atoms with E-state index in [4.69, 9.17) is 22.1 Å². The lowest BCUT2D eigenvalue weighted by Crippen LogP contribution is -2.45. The van der Waals surface area contributed by atoms with Crippen molar-refractivity contribution in [2.75, 3.05) is 22.6 Å². The Bertz CT molecular complexity index is 1430. The number of fused-ring (bicyclic) bond motifs is 2. The Labute approximate surface area is 239 Å². The second-order valence-corrected chi connectivity index (χ2v) is 15.3. The van der Waals surface area contributed by atoms with Crippen LogP contribution in [0, 0.1) is 5.92 Å². The van der Waals surface area contributed by atoms with Crippen LogP contribution < -0.4 is 16.0 Å². The molecule has 7 nitrogen and oxygen atoms in total. The molecule has 2 heterocycles. The summed E-state index contributed by atoms with van der Waals surface area (Å²) in [6.07, 6.45) is -0.324. The summed E-state index contributed by atoms with van der Waals surface area (Å²) in [5.74, 6) is -0.966. The Morgan fingerprint density at radius 1 is 1.15 bits per heavy atom. The van der Waals surface area contributed by atoms with Crippen LogP contribution in [0.3, 0.4) is 0 Å². The Balaban J connectivity index is 1.42. The first-order valence-corrected chi connectivity index (χ1v) is 16.6. The van der Waals surface area contributed by atoms with E-state index in [-0.39, 0.29) is 31.4 Å². The number of hydrogen-bond donors (Lipinski definition) is 3. The van der Waals surface area contributed by atoms with Gasteiger partial charge in [0.1, 0.15) is 0 Å². The van der Waals surface area contributed by atoms with E-state index < -0.39 is 31.6 Å². The van der Waals surface area contributed by atoms with Crippen molar-refractivity contribution in [2.24, 2.45) is 5.92 Å². The fourth-order valence-electron chi connectivity index (χ4n) is 6.29. The summed E-state index contributed by atoms with van der Waals surface area (Å²) in [5.41, 5.74) is 7.67. The molecule has 3 aromatic carbocycles. The number of nitrogens with one attached hydrogen (secondary N) is 1. The normalized spacial score (nSPS) is 24.0. The van der Waals surface area contributed by atoms with Crippen LogP contribution in [0.25, 0.3) is 0 Å². The third-order valence-electron chi connectivity index (χ3n) is 8.06. The average molecular weight is 582 g/mol. The van der Waals surface area contributed by atoms with E-state index >= 15 is 4.11 Å². The maximum absolute atomic E-state index is 15.6. The molecule has 2 aliphatic rings. The minimum absolute atomic E-state index is 0.157. The molecule has 2 aliphatic heterocycles. The third-order valence-corrected chi connectivity index (χ3v) is 10.8. The molecular weight excluding hydrogens is 549 g/mol. The fraction of sp³-hybridized carbons (Fsp3) is 0.333. The van der Waals surface area contributed by atoms with Crippen molar-refractivity contribution in [3.8, 4) is 0 Å². The number of ether oxygens (including phenoxy) is 1. The molecule has 10 heteroatoms. The van der Waals surface area contributed by atoms with Crippen molar-refractivity contribution < 1.29 is 23.5 Å². The van der Waals surface area contributed by atoms with E-state index in [1.165, 1.54) is 0 Å². The van der Waals surface area contributed by atoms with Crippen LogP contribution in [0.4, 0.5) is 21.2 Å². The summed E-state index contributed by atoms with van der Waals surface area (Å²) in [6.45, 7) is 5.23. The van der Waals surface area contributed by atoms with Gasteiger partial charge in [0.2, 0.25) is 8.41 Å². The summed E-state index contributed by atoms with van der Waals surface area (Å²) in [4.78, 5) is 28.5. The number of benzene rings is 3. The van der Waals surface area contributed by atoms with Gasteiger partial charge in [-0.15, -0.1) is 0 Å². The van der Waals surface area contributed by atoms with Crippen molar-refractivity contribution >= 4 is 48.9 Å². The first kappa shape index (κ1) is 28.3. The quantitative estimate of drug-likeness (QED) is 0.184. The van der Waals surface area contributed by atoms with Gasteiger partial charge in [-0.25, -0.2) is 0 Å². The van der Waals surface area contributed by atoms with Crippen molar-refractivity contribution in [3.63, 3.8) is 0 Å². The second-order valence-electron chi connectivity index (χ2n) is 11.1. The SMILES string of the molecule is C[C@H]1[C@H]([Si](C)(C)F)[C@@H](CCO)O[C@]12C(=O)N(Cc1ccc(NC(=O)c3ccc(N)cc3)cc1)c1ccc(Cl)cc12. The highest BCUT2D eigenvalue weighted by Gasteiger charge is 2.66. The van der Waals surface area contributed by atoms with Crippen LogP contribution in [-0.4, -0.2) is 38.0 Å². The maximum atomic E-state index is 15.6. The molecule has 0 saturated carbocycles. The molecule has 4 N–H and O–H groups in total. The molecule has 1 spiro atoms. The molecule has 0 bridgehead atoms. The summed E-state index contributed by atoms with van der Waals surface area (Å²) in [6, 6.07) is 19.2. The highest BCUT2D eigenvalue weighted by atomic mass is 35.5. The predicted octanol–water partition coefficient (Wildman–Crippen LogP) is 5.88. The molecule has 3 aromatic rings. The molecule has 40 heavy (non-hydrogen) atoms. The zero-order valence-electron chi connectivity index (χ0n) is 22.7. The summed E-state index contributed by atoms with van der Waals surface area (Å²) >= 11 is 6.39. The minimum Gasteiger partial charge on any atom is -0.399 e. The van der Waals surface area contributed by atoms with Gasteiger partial charge in [0.25, 0.3) is 11.8 Å². The van der Waals surface area contributed by atoms with E-state index in [1.807, 2.05) is 19.1 Å². The minimum atomic E-state index is -3.27. The number of nitrogens with two attached hydrogens (primary N) is 1. The number of nitrogens with zero attached hydrogens (tertiary/aromatic N) is 1. The highest BCUT2D eigenvalue weighted by molar-refractivity contribution is 6.72. The Morgan fingerprint density at radius 2 is 1.82 bits per heavy atom. The van der Waals surface area contributed by atoms with Gasteiger partial charge in [-0.1, -0.05) is 30.7 Å². The third kappa shape index (κ3) is 4.92. The van der Waals surface area contributed by atoms with E-state index in [2.05, 4.69) is 5.32 Å². The number of carbonyl (C=O) groups is 2. The highest BCUT2D eigenvalue weighted by Crippen LogP contribution is 2.60. The van der Waals surface area contributed by atoms with Crippen molar-refractivity contribution in [2.45, 2.75) is 50.2 Å². The largest absolute Gasteiger partial charge is 0.399 e. The van der Waals surface area contributed by atoms with Gasteiger partial charge in [-0.3, -0.25) is 9.59 Å². The summed E-state index contributed by atoms with van der Waals surface area (Å²) < 4.78 is 22.1. The Hall–Kier alpha value is -3.24. The van der Waals surface area contributed by atoms with Gasteiger partial charge in [-0.2, -0.15) is 0 Å². The van der Waals surface area contributed by atoms with E-state index in [1.54, 1.807) is 72.6 Å². The van der Waals surface area contributed by atoms with Crippen LogP contribution in [-0.2, 0) is 21.7 Å².